The van der Waals surface area contributed by atoms with Gasteiger partial charge in [0, 0.05) is 33.7 Å². The third-order valence-electron chi connectivity index (χ3n) is 3.54. The van der Waals surface area contributed by atoms with Crippen LogP contribution in [0.5, 0.6) is 0 Å². The van der Waals surface area contributed by atoms with Crippen molar-refractivity contribution in [2.45, 2.75) is 25.4 Å². The van der Waals surface area contributed by atoms with Gasteiger partial charge in [-0.25, -0.2) is 0 Å². The van der Waals surface area contributed by atoms with Gasteiger partial charge in [0.05, 0.1) is 4.88 Å². The largest absolute Gasteiger partial charge is 0.349 e. The van der Waals surface area contributed by atoms with Crippen LogP contribution in [0.1, 0.15) is 38.4 Å². The highest BCUT2D eigenvalue weighted by Crippen LogP contribution is 2.24. The van der Waals surface area contributed by atoms with Crippen LogP contribution < -0.4 is 16.4 Å². The molecule has 1 fully saturated rings. The zero-order chi connectivity index (χ0) is 16.4. The van der Waals surface area contributed by atoms with Gasteiger partial charge in [0.25, 0.3) is 11.8 Å². The minimum Gasteiger partial charge on any atom is -0.349 e. The summed E-state index contributed by atoms with van der Waals surface area (Å²) in [4.78, 5) is 25.0. The maximum Gasteiger partial charge on any atom is 0.265 e. The second kappa shape index (κ2) is 6.82. The van der Waals surface area contributed by atoms with E-state index >= 15 is 0 Å². The maximum atomic E-state index is 12.3. The van der Waals surface area contributed by atoms with Crippen molar-refractivity contribution in [3.05, 3.63) is 50.1 Å². The molecule has 23 heavy (non-hydrogen) atoms. The molecule has 1 heterocycles. The lowest BCUT2D eigenvalue weighted by Gasteiger charge is -2.11. The number of halogens is 1. The van der Waals surface area contributed by atoms with E-state index in [9.17, 15) is 9.59 Å². The standard InChI is InChI=1S/C16H16BrN3O2S/c17-11-6-14(23-8-11)16(22)20-13-5-9(1-2-10(13)7-18)15(21)19-12-3-4-12/h1-2,5-6,8,12H,3-4,7,18H2,(H,19,21)(H,20,22). The third kappa shape index (κ3) is 3.99. The zero-order valence-corrected chi connectivity index (χ0v) is 14.7. The molecule has 2 aromatic rings. The van der Waals surface area contributed by atoms with Crippen LogP contribution in [0.3, 0.4) is 0 Å². The Hall–Kier alpha value is -1.70. The number of hydrogen-bond donors (Lipinski definition) is 3. The van der Waals surface area contributed by atoms with Gasteiger partial charge in [0.1, 0.15) is 0 Å². The molecular formula is C16H16BrN3O2S. The number of carbonyl (C=O) groups excluding carboxylic acids is 2. The molecule has 0 unspecified atom stereocenters. The topological polar surface area (TPSA) is 84.2 Å². The minimum absolute atomic E-state index is 0.120. The van der Waals surface area contributed by atoms with Gasteiger partial charge in [-0.3, -0.25) is 9.59 Å². The van der Waals surface area contributed by atoms with E-state index in [1.807, 2.05) is 5.38 Å². The van der Waals surface area contributed by atoms with Crippen molar-refractivity contribution in [2.75, 3.05) is 5.32 Å². The molecule has 0 spiro atoms. The molecular weight excluding hydrogens is 378 g/mol. The Kier molecular flexibility index (Phi) is 4.79. The van der Waals surface area contributed by atoms with E-state index in [-0.39, 0.29) is 24.4 Å². The molecule has 1 aromatic heterocycles. The molecule has 5 nitrogen and oxygen atoms in total. The number of nitrogens with two attached hydrogens (primary N) is 1. The van der Waals surface area contributed by atoms with Crippen molar-refractivity contribution in [2.24, 2.45) is 5.73 Å². The Morgan fingerprint density at radius 1 is 1.26 bits per heavy atom. The van der Waals surface area contributed by atoms with Crippen molar-refractivity contribution in [3.63, 3.8) is 0 Å². The molecule has 0 aliphatic heterocycles. The number of amides is 2. The first-order valence-corrected chi connectivity index (χ1v) is 8.93. The van der Waals surface area contributed by atoms with E-state index in [1.165, 1.54) is 11.3 Å². The minimum atomic E-state index is -0.213. The van der Waals surface area contributed by atoms with Crippen molar-refractivity contribution in [1.82, 2.24) is 5.32 Å². The van der Waals surface area contributed by atoms with Crippen LogP contribution in [0.15, 0.2) is 34.1 Å². The van der Waals surface area contributed by atoms with Crippen molar-refractivity contribution in [1.29, 1.82) is 0 Å². The van der Waals surface area contributed by atoms with Crippen LogP contribution in [0.25, 0.3) is 0 Å². The fourth-order valence-corrected chi connectivity index (χ4v) is 3.45. The van der Waals surface area contributed by atoms with Crippen LogP contribution in [-0.4, -0.2) is 17.9 Å². The van der Waals surface area contributed by atoms with Gasteiger partial charge >= 0.3 is 0 Å². The Labute approximate surface area is 146 Å². The van der Waals surface area contributed by atoms with E-state index in [1.54, 1.807) is 24.3 Å². The Bertz CT molecular complexity index is 756. The fraction of sp³-hybridized carbons (Fsp3) is 0.250. The van der Waals surface area contributed by atoms with E-state index in [4.69, 9.17) is 5.73 Å². The highest BCUT2D eigenvalue weighted by Gasteiger charge is 2.24. The number of nitrogens with one attached hydrogen (secondary N) is 2. The van der Waals surface area contributed by atoms with Crippen LogP contribution in [-0.2, 0) is 6.54 Å². The predicted octanol–water partition coefficient (Wildman–Crippen LogP) is 3.11. The summed E-state index contributed by atoms with van der Waals surface area (Å²) in [6.07, 6.45) is 2.06. The molecule has 3 rings (SSSR count). The first kappa shape index (κ1) is 16.2. The van der Waals surface area contributed by atoms with Crippen LogP contribution in [0, 0.1) is 0 Å². The molecule has 1 saturated carbocycles. The van der Waals surface area contributed by atoms with Gasteiger partial charge in [0.2, 0.25) is 0 Å². The van der Waals surface area contributed by atoms with Crippen LogP contribution >= 0.6 is 27.3 Å². The van der Waals surface area contributed by atoms with E-state index in [0.29, 0.717) is 16.1 Å². The monoisotopic (exact) mass is 393 g/mol. The Balaban J connectivity index is 1.80. The molecule has 0 radical (unpaired) electrons. The van der Waals surface area contributed by atoms with Gasteiger partial charge < -0.3 is 16.4 Å². The molecule has 1 aliphatic carbocycles. The normalized spacial score (nSPS) is 13.7. The van der Waals surface area contributed by atoms with Gasteiger partial charge in [-0.1, -0.05) is 6.07 Å². The van der Waals surface area contributed by atoms with Gasteiger partial charge in [0.15, 0.2) is 0 Å². The second-order valence-corrected chi connectivity index (χ2v) is 7.23. The molecule has 2 amide bonds. The summed E-state index contributed by atoms with van der Waals surface area (Å²) in [5, 5.41) is 7.63. The van der Waals surface area contributed by atoms with Gasteiger partial charge in [-0.2, -0.15) is 0 Å². The van der Waals surface area contributed by atoms with Gasteiger partial charge in [-0.05, 0) is 52.5 Å². The number of hydrogen-bond acceptors (Lipinski definition) is 4. The third-order valence-corrected chi connectivity index (χ3v) is 5.23. The van der Waals surface area contributed by atoms with E-state index < -0.39 is 0 Å². The average molecular weight is 394 g/mol. The molecule has 0 atom stereocenters. The lowest BCUT2D eigenvalue weighted by molar-refractivity contribution is 0.0949. The number of thiophene rings is 1. The van der Waals surface area contributed by atoms with Crippen LogP contribution in [0.4, 0.5) is 5.69 Å². The zero-order valence-electron chi connectivity index (χ0n) is 12.3. The van der Waals surface area contributed by atoms with E-state index in [0.717, 1.165) is 22.9 Å². The first-order valence-electron chi connectivity index (χ1n) is 7.26. The molecule has 7 heteroatoms. The molecule has 0 bridgehead atoms. The Morgan fingerprint density at radius 2 is 2.04 bits per heavy atom. The highest BCUT2D eigenvalue weighted by atomic mass is 79.9. The summed E-state index contributed by atoms with van der Waals surface area (Å²) in [6, 6.07) is 7.24. The smallest absolute Gasteiger partial charge is 0.265 e. The fourth-order valence-electron chi connectivity index (χ4n) is 2.12. The number of anilines is 1. The summed E-state index contributed by atoms with van der Waals surface area (Å²) < 4.78 is 0.865. The summed E-state index contributed by atoms with van der Waals surface area (Å²) in [5.41, 5.74) is 7.62. The lowest BCUT2D eigenvalue weighted by atomic mass is 10.1. The quantitative estimate of drug-likeness (QED) is 0.729. The molecule has 1 aliphatic rings. The molecule has 4 N–H and O–H groups in total. The molecule has 0 saturated heterocycles. The van der Waals surface area contributed by atoms with Crippen molar-refractivity contribution < 1.29 is 9.59 Å². The molecule has 120 valence electrons. The summed E-state index contributed by atoms with van der Waals surface area (Å²) in [7, 11) is 0. The van der Waals surface area contributed by atoms with Crippen molar-refractivity contribution >= 4 is 44.8 Å². The SMILES string of the molecule is NCc1ccc(C(=O)NC2CC2)cc1NC(=O)c1cc(Br)cs1. The molecule has 1 aromatic carbocycles. The average Bonchev–Trinajstić information content (AvgIpc) is 3.24. The number of benzene rings is 1. The summed E-state index contributed by atoms with van der Waals surface area (Å²) in [5.74, 6) is -0.333. The number of carbonyl (C=O) groups is 2. The highest BCUT2D eigenvalue weighted by molar-refractivity contribution is 9.10. The maximum absolute atomic E-state index is 12.3. The number of rotatable bonds is 5. The summed E-state index contributed by atoms with van der Waals surface area (Å²) in [6.45, 7) is 0.286. The predicted molar refractivity (Wildman–Crippen MR) is 94.8 cm³/mol. The van der Waals surface area contributed by atoms with Gasteiger partial charge in [-0.15, -0.1) is 11.3 Å². The lowest BCUT2D eigenvalue weighted by Crippen LogP contribution is -2.25. The van der Waals surface area contributed by atoms with Crippen LogP contribution in [0.2, 0.25) is 0 Å². The Morgan fingerprint density at radius 3 is 2.65 bits per heavy atom. The van der Waals surface area contributed by atoms with E-state index in [2.05, 4.69) is 26.6 Å². The second-order valence-electron chi connectivity index (χ2n) is 5.41. The first-order chi connectivity index (χ1) is 11.1. The summed E-state index contributed by atoms with van der Waals surface area (Å²) >= 11 is 4.68. The van der Waals surface area contributed by atoms with Crippen molar-refractivity contribution in [3.8, 4) is 0 Å².